The normalized spacial score (nSPS) is 29.5. The summed E-state index contributed by atoms with van der Waals surface area (Å²) in [6.45, 7) is 4.39. The third-order valence-electron chi connectivity index (χ3n) is 5.69. The molecule has 5 nitrogen and oxygen atoms in total. The van der Waals surface area contributed by atoms with Gasteiger partial charge >= 0.3 is 0 Å². The fraction of sp³-hybridized carbons (Fsp3) is 0.400. The van der Waals surface area contributed by atoms with Gasteiger partial charge in [0.25, 0.3) is 0 Å². The van der Waals surface area contributed by atoms with Crippen LogP contribution >= 0.6 is 0 Å². The van der Waals surface area contributed by atoms with Gasteiger partial charge in [-0.1, -0.05) is 12.1 Å². The first-order valence-corrected chi connectivity index (χ1v) is 8.62. The highest BCUT2D eigenvalue weighted by molar-refractivity contribution is 6.00. The van der Waals surface area contributed by atoms with Crippen molar-refractivity contribution in [1.29, 1.82) is 21.2 Å². The van der Waals surface area contributed by atoms with Crippen molar-refractivity contribution in [2.45, 2.75) is 12.8 Å². The standard InChI is InChI=1S/C20H18FN5/c1-2-26-8-7-15-16(9-22)19(25)20(11-23,12-24)18(17(15)10-26)13-3-5-14(21)6-4-13/h3-7,16-18,25H,2,8,10H2,1H3/p+1/t16?,17-,18+/m1/s1. The number of nitriles is 3. The second kappa shape index (κ2) is 6.71. The van der Waals surface area contributed by atoms with Crippen molar-refractivity contribution in [1.82, 2.24) is 0 Å². The molecule has 1 heterocycles. The van der Waals surface area contributed by atoms with Crippen LogP contribution in [0.3, 0.4) is 0 Å². The Hall–Kier alpha value is -3.01. The van der Waals surface area contributed by atoms with Crippen LogP contribution in [-0.4, -0.2) is 25.3 Å². The maximum absolute atomic E-state index is 13.4. The molecule has 0 saturated heterocycles. The molecule has 6 heteroatoms. The third kappa shape index (κ3) is 2.49. The van der Waals surface area contributed by atoms with E-state index in [0.29, 0.717) is 12.1 Å². The van der Waals surface area contributed by atoms with Gasteiger partial charge in [0.15, 0.2) is 5.41 Å². The molecule has 2 N–H and O–H groups in total. The number of hydrogen-bond donors (Lipinski definition) is 2. The number of nitrogens with zero attached hydrogens (tertiary/aromatic N) is 3. The quantitative estimate of drug-likeness (QED) is 0.794. The highest BCUT2D eigenvalue weighted by Crippen LogP contribution is 2.52. The molecule has 2 aliphatic rings. The average Bonchev–Trinajstić information content (AvgIpc) is 2.68. The summed E-state index contributed by atoms with van der Waals surface area (Å²) in [4.78, 5) is 1.29. The molecule has 1 fully saturated rings. The van der Waals surface area contributed by atoms with E-state index in [9.17, 15) is 20.2 Å². The fourth-order valence-corrected chi connectivity index (χ4v) is 4.30. The molecule has 26 heavy (non-hydrogen) atoms. The van der Waals surface area contributed by atoms with Crippen LogP contribution in [0.1, 0.15) is 18.4 Å². The highest BCUT2D eigenvalue weighted by atomic mass is 19.1. The van der Waals surface area contributed by atoms with E-state index in [1.807, 2.05) is 18.2 Å². The highest BCUT2D eigenvalue weighted by Gasteiger charge is 2.58. The van der Waals surface area contributed by atoms with Crippen molar-refractivity contribution in [3.05, 3.63) is 47.3 Å². The summed E-state index contributed by atoms with van der Waals surface area (Å²) in [6, 6.07) is 12.0. The topological polar surface area (TPSA) is 99.7 Å². The van der Waals surface area contributed by atoms with Crippen LogP contribution in [0.5, 0.6) is 0 Å². The number of hydrogen-bond acceptors (Lipinski definition) is 4. The Labute approximate surface area is 152 Å². The van der Waals surface area contributed by atoms with E-state index in [2.05, 4.69) is 13.0 Å². The molecule has 1 saturated carbocycles. The molecular weight excluding hydrogens is 329 g/mol. The second-order valence-corrected chi connectivity index (χ2v) is 6.86. The molecule has 130 valence electrons. The van der Waals surface area contributed by atoms with Crippen LogP contribution in [0.25, 0.3) is 0 Å². The van der Waals surface area contributed by atoms with Gasteiger partial charge in [0.2, 0.25) is 0 Å². The zero-order valence-electron chi connectivity index (χ0n) is 14.5. The van der Waals surface area contributed by atoms with E-state index in [4.69, 9.17) is 5.41 Å². The minimum absolute atomic E-state index is 0.165. The van der Waals surface area contributed by atoms with Gasteiger partial charge in [-0.3, -0.25) is 0 Å². The van der Waals surface area contributed by atoms with Crippen LogP contribution < -0.4 is 4.90 Å². The third-order valence-corrected chi connectivity index (χ3v) is 5.69. The Kier molecular flexibility index (Phi) is 4.60. The zero-order valence-corrected chi connectivity index (χ0v) is 14.5. The van der Waals surface area contributed by atoms with Gasteiger partial charge in [0.1, 0.15) is 11.7 Å². The van der Waals surface area contributed by atoms with Crippen molar-refractivity contribution < 1.29 is 9.29 Å². The van der Waals surface area contributed by atoms with Gasteiger partial charge in [-0.2, -0.15) is 15.8 Å². The average molecular weight is 348 g/mol. The molecule has 2 unspecified atom stereocenters. The van der Waals surface area contributed by atoms with Crippen molar-refractivity contribution in [2.75, 3.05) is 19.6 Å². The molecule has 1 aromatic rings. The van der Waals surface area contributed by atoms with Gasteiger partial charge in [0, 0.05) is 11.8 Å². The lowest BCUT2D eigenvalue weighted by Crippen LogP contribution is -3.13. The summed E-state index contributed by atoms with van der Waals surface area (Å²) >= 11 is 0. The lowest BCUT2D eigenvalue weighted by atomic mass is 9.54. The number of benzene rings is 1. The lowest BCUT2D eigenvalue weighted by molar-refractivity contribution is -0.897. The molecule has 0 aromatic heterocycles. The summed E-state index contributed by atoms with van der Waals surface area (Å²) < 4.78 is 13.4. The number of nitrogens with one attached hydrogen (secondary N) is 2. The van der Waals surface area contributed by atoms with Gasteiger partial charge in [-0.05, 0) is 36.3 Å². The summed E-state index contributed by atoms with van der Waals surface area (Å²) in [5.41, 5.74) is -0.410. The predicted octanol–water partition coefficient (Wildman–Crippen LogP) is 1.58. The largest absolute Gasteiger partial charge is 0.331 e. The molecule has 1 aliphatic heterocycles. The molecule has 1 aromatic carbocycles. The molecule has 0 amide bonds. The zero-order chi connectivity index (χ0) is 18.9. The SMILES string of the molecule is CC[NH+]1CC=C2C(C#N)C(=N)C(C#N)(C#N)[C@@H](c3ccc(F)cc3)[C@@H]2C1. The minimum atomic E-state index is -1.73. The number of quaternary nitrogens is 1. The summed E-state index contributed by atoms with van der Waals surface area (Å²) in [7, 11) is 0. The summed E-state index contributed by atoms with van der Waals surface area (Å²) in [5.74, 6) is -2.05. The van der Waals surface area contributed by atoms with Crippen LogP contribution in [0.15, 0.2) is 35.9 Å². The van der Waals surface area contributed by atoms with E-state index < -0.39 is 23.1 Å². The monoisotopic (exact) mass is 348 g/mol. The summed E-state index contributed by atoms with van der Waals surface area (Å²) in [5, 5.41) is 37.9. The first kappa shape index (κ1) is 17.8. The number of halogens is 1. The van der Waals surface area contributed by atoms with Crippen LogP contribution in [0.2, 0.25) is 0 Å². The summed E-state index contributed by atoms with van der Waals surface area (Å²) in [6.07, 6.45) is 1.99. The number of fused-ring (bicyclic) bond motifs is 1. The van der Waals surface area contributed by atoms with E-state index >= 15 is 0 Å². The Morgan fingerprint density at radius 1 is 1.23 bits per heavy atom. The maximum Gasteiger partial charge on any atom is 0.189 e. The van der Waals surface area contributed by atoms with Crippen LogP contribution in [-0.2, 0) is 0 Å². The lowest BCUT2D eigenvalue weighted by Gasteiger charge is -2.46. The van der Waals surface area contributed by atoms with Crippen molar-refractivity contribution >= 4 is 5.71 Å². The number of likely N-dealkylation sites (N-methyl/N-ethyl adjacent to an activating group) is 1. The Morgan fingerprint density at radius 3 is 2.42 bits per heavy atom. The van der Waals surface area contributed by atoms with Crippen molar-refractivity contribution in [2.24, 2.45) is 17.3 Å². The second-order valence-electron chi connectivity index (χ2n) is 6.86. The van der Waals surface area contributed by atoms with E-state index in [1.165, 1.54) is 17.0 Å². The predicted molar refractivity (Wildman–Crippen MR) is 92.4 cm³/mol. The van der Waals surface area contributed by atoms with E-state index in [-0.39, 0.29) is 11.6 Å². The fourth-order valence-electron chi connectivity index (χ4n) is 4.30. The Morgan fingerprint density at radius 2 is 1.88 bits per heavy atom. The van der Waals surface area contributed by atoms with E-state index in [0.717, 1.165) is 18.7 Å². The van der Waals surface area contributed by atoms with Crippen molar-refractivity contribution in [3.8, 4) is 18.2 Å². The van der Waals surface area contributed by atoms with Gasteiger partial charge in [0.05, 0.1) is 43.6 Å². The van der Waals surface area contributed by atoms with Gasteiger partial charge in [-0.25, -0.2) is 4.39 Å². The van der Waals surface area contributed by atoms with Crippen molar-refractivity contribution in [3.63, 3.8) is 0 Å². The molecule has 0 radical (unpaired) electrons. The molecule has 0 bridgehead atoms. The molecular formula is C20H19FN5+. The minimum Gasteiger partial charge on any atom is -0.331 e. The van der Waals surface area contributed by atoms with Gasteiger partial charge < -0.3 is 10.3 Å². The molecule has 0 spiro atoms. The van der Waals surface area contributed by atoms with Crippen LogP contribution in [0.4, 0.5) is 4.39 Å². The molecule has 1 aliphatic carbocycles. The maximum atomic E-state index is 13.4. The Bertz CT molecular complexity index is 867. The van der Waals surface area contributed by atoms with E-state index in [1.54, 1.807) is 12.1 Å². The number of rotatable bonds is 2. The smallest absolute Gasteiger partial charge is 0.189 e. The molecule has 4 atom stereocenters. The Balaban J connectivity index is 2.24. The molecule has 3 rings (SSSR count). The van der Waals surface area contributed by atoms with Crippen LogP contribution in [0, 0.1) is 62.5 Å². The van der Waals surface area contributed by atoms with Gasteiger partial charge in [-0.15, -0.1) is 0 Å². The first-order chi connectivity index (χ1) is 12.5. The first-order valence-electron chi connectivity index (χ1n) is 8.62.